The van der Waals surface area contributed by atoms with Crippen molar-refractivity contribution in [2.45, 2.75) is 6.92 Å². The first-order chi connectivity index (χ1) is 12.1. The molecule has 2 heteroatoms. The molecule has 0 amide bonds. The molecule has 3 aromatic rings. The molecule has 0 heterocycles. The Kier molecular flexibility index (Phi) is 5.00. The summed E-state index contributed by atoms with van der Waals surface area (Å²) in [6, 6.07) is 20.8. The van der Waals surface area contributed by atoms with E-state index in [0.29, 0.717) is 0 Å². The van der Waals surface area contributed by atoms with Crippen LogP contribution in [-0.4, -0.2) is 10.2 Å². The van der Waals surface area contributed by atoms with Gasteiger partial charge in [-0.1, -0.05) is 66.3 Å². The number of rotatable bonds is 4. The number of benzene rings is 3. The predicted molar refractivity (Wildman–Crippen MR) is 105 cm³/mol. The highest BCUT2D eigenvalue weighted by atomic mass is 16.3. The molecule has 0 bridgehead atoms. The lowest BCUT2D eigenvalue weighted by molar-refractivity contribution is 0.474. The van der Waals surface area contributed by atoms with Gasteiger partial charge in [0.2, 0.25) is 0 Å². The number of phenols is 2. The monoisotopic (exact) mass is 328 g/mol. The largest absolute Gasteiger partial charge is 0.508 e. The van der Waals surface area contributed by atoms with Crippen LogP contribution in [-0.2, 0) is 0 Å². The molecule has 0 saturated carbocycles. The second-order valence-corrected chi connectivity index (χ2v) is 6.03. The standard InChI is InChI=1S/C23H20O2/c1-17-2-4-18(5-3-17)6-8-20-14-21(16-23(25)15-20)9-7-19-10-12-22(24)13-11-19/h2-16,24-25H,1H3/b8-6+,9-7+. The zero-order valence-electron chi connectivity index (χ0n) is 14.1. The number of hydrogen-bond acceptors (Lipinski definition) is 2. The summed E-state index contributed by atoms with van der Waals surface area (Å²) in [7, 11) is 0. The predicted octanol–water partition coefficient (Wildman–Crippen LogP) is 5.75. The van der Waals surface area contributed by atoms with E-state index in [-0.39, 0.29) is 11.5 Å². The Labute approximate surface area is 148 Å². The van der Waals surface area contributed by atoms with Gasteiger partial charge in [0.1, 0.15) is 11.5 Å². The van der Waals surface area contributed by atoms with Gasteiger partial charge in [-0.25, -0.2) is 0 Å². The van der Waals surface area contributed by atoms with Crippen molar-refractivity contribution < 1.29 is 10.2 Å². The van der Waals surface area contributed by atoms with Gasteiger partial charge in [-0.15, -0.1) is 0 Å². The summed E-state index contributed by atoms with van der Waals surface area (Å²) >= 11 is 0. The van der Waals surface area contributed by atoms with Crippen molar-refractivity contribution in [3.63, 3.8) is 0 Å². The third kappa shape index (κ3) is 4.85. The molecule has 0 aliphatic carbocycles. The van der Waals surface area contributed by atoms with E-state index in [1.807, 2.05) is 42.5 Å². The maximum atomic E-state index is 9.96. The number of hydrogen-bond donors (Lipinski definition) is 2. The van der Waals surface area contributed by atoms with E-state index in [4.69, 9.17) is 0 Å². The van der Waals surface area contributed by atoms with Crippen LogP contribution in [0.5, 0.6) is 11.5 Å². The van der Waals surface area contributed by atoms with E-state index in [0.717, 1.165) is 22.3 Å². The van der Waals surface area contributed by atoms with Gasteiger partial charge in [0.25, 0.3) is 0 Å². The van der Waals surface area contributed by atoms with Crippen molar-refractivity contribution in [1.29, 1.82) is 0 Å². The van der Waals surface area contributed by atoms with Crippen molar-refractivity contribution in [3.8, 4) is 11.5 Å². The van der Waals surface area contributed by atoms with Crippen molar-refractivity contribution in [2.24, 2.45) is 0 Å². The molecule has 2 nitrogen and oxygen atoms in total. The number of phenolic OH excluding ortho intramolecular Hbond substituents is 2. The molecule has 124 valence electrons. The van der Waals surface area contributed by atoms with Crippen LogP contribution in [0.15, 0.2) is 66.7 Å². The molecule has 0 aliphatic heterocycles. The van der Waals surface area contributed by atoms with Gasteiger partial charge < -0.3 is 10.2 Å². The summed E-state index contributed by atoms with van der Waals surface area (Å²) in [5, 5.41) is 19.3. The maximum absolute atomic E-state index is 9.96. The van der Waals surface area contributed by atoms with Crippen LogP contribution < -0.4 is 0 Å². The van der Waals surface area contributed by atoms with Crippen LogP contribution in [0.2, 0.25) is 0 Å². The summed E-state index contributed by atoms with van der Waals surface area (Å²) in [6.07, 6.45) is 7.90. The molecule has 0 spiro atoms. The van der Waals surface area contributed by atoms with Crippen LogP contribution in [0.1, 0.15) is 27.8 Å². The second kappa shape index (κ2) is 7.54. The zero-order valence-corrected chi connectivity index (χ0v) is 14.1. The van der Waals surface area contributed by atoms with Crippen LogP contribution in [0, 0.1) is 6.92 Å². The Hall–Kier alpha value is -3.26. The van der Waals surface area contributed by atoms with Gasteiger partial charge in [-0.05, 0) is 59.5 Å². The SMILES string of the molecule is Cc1ccc(/C=C/c2cc(O)cc(/C=C/c3ccc(O)cc3)c2)cc1. The van der Waals surface area contributed by atoms with Crippen LogP contribution in [0.3, 0.4) is 0 Å². The molecular formula is C23H20O2. The van der Waals surface area contributed by atoms with Crippen LogP contribution >= 0.6 is 0 Å². The molecule has 0 fully saturated rings. The van der Waals surface area contributed by atoms with E-state index in [2.05, 4.69) is 31.2 Å². The maximum Gasteiger partial charge on any atom is 0.116 e. The fourth-order valence-corrected chi connectivity index (χ4v) is 2.50. The molecule has 3 aromatic carbocycles. The van der Waals surface area contributed by atoms with E-state index in [9.17, 15) is 10.2 Å². The average Bonchev–Trinajstić information content (AvgIpc) is 2.60. The molecule has 0 radical (unpaired) electrons. The Morgan fingerprint density at radius 2 is 0.960 bits per heavy atom. The van der Waals surface area contributed by atoms with Gasteiger partial charge >= 0.3 is 0 Å². The quantitative estimate of drug-likeness (QED) is 0.599. The fraction of sp³-hybridized carbons (Fsp3) is 0.0435. The number of aromatic hydroxyl groups is 2. The first-order valence-corrected chi connectivity index (χ1v) is 8.14. The highest BCUT2D eigenvalue weighted by Gasteiger charge is 1.97. The van der Waals surface area contributed by atoms with E-state index in [1.54, 1.807) is 24.3 Å². The first-order valence-electron chi connectivity index (χ1n) is 8.14. The average molecular weight is 328 g/mol. The Balaban J connectivity index is 1.80. The van der Waals surface area contributed by atoms with E-state index >= 15 is 0 Å². The number of aryl methyl sites for hydroxylation is 1. The second-order valence-electron chi connectivity index (χ2n) is 6.03. The molecule has 0 aliphatic rings. The molecule has 25 heavy (non-hydrogen) atoms. The Morgan fingerprint density at radius 3 is 1.48 bits per heavy atom. The first kappa shape index (κ1) is 16.6. The van der Waals surface area contributed by atoms with Crippen molar-refractivity contribution in [2.75, 3.05) is 0 Å². The minimum Gasteiger partial charge on any atom is -0.508 e. The lowest BCUT2D eigenvalue weighted by Crippen LogP contribution is -1.79. The Bertz CT molecular complexity index is 828. The molecular weight excluding hydrogens is 308 g/mol. The summed E-state index contributed by atoms with van der Waals surface area (Å²) in [6.45, 7) is 2.06. The molecule has 0 atom stereocenters. The summed E-state index contributed by atoms with van der Waals surface area (Å²) in [5.74, 6) is 0.481. The van der Waals surface area contributed by atoms with E-state index < -0.39 is 0 Å². The van der Waals surface area contributed by atoms with Gasteiger partial charge in [-0.2, -0.15) is 0 Å². The van der Waals surface area contributed by atoms with Crippen molar-refractivity contribution >= 4 is 24.3 Å². The van der Waals surface area contributed by atoms with Gasteiger partial charge in [0.15, 0.2) is 0 Å². The van der Waals surface area contributed by atoms with Crippen LogP contribution in [0.4, 0.5) is 0 Å². The van der Waals surface area contributed by atoms with Crippen molar-refractivity contribution in [1.82, 2.24) is 0 Å². The highest BCUT2D eigenvalue weighted by molar-refractivity contribution is 5.75. The molecule has 0 unspecified atom stereocenters. The topological polar surface area (TPSA) is 40.5 Å². The smallest absolute Gasteiger partial charge is 0.116 e. The lowest BCUT2D eigenvalue weighted by Gasteiger charge is -2.01. The third-order valence-electron chi connectivity index (χ3n) is 3.87. The summed E-state index contributed by atoms with van der Waals surface area (Å²) in [4.78, 5) is 0. The van der Waals surface area contributed by atoms with Gasteiger partial charge in [0.05, 0.1) is 0 Å². The normalized spacial score (nSPS) is 11.4. The van der Waals surface area contributed by atoms with Gasteiger partial charge in [-0.3, -0.25) is 0 Å². The van der Waals surface area contributed by atoms with E-state index in [1.165, 1.54) is 5.56 Å². The van der Waals surface area contributed by atoms with Crippen LogP contribution in [0.25, 0.3) is 24.3 Å². The molecule has 0 saturated heterocycles. The lowest BCUT2D eigenvalue weighted by atomic mass is 10.1. The summed E-state index contributed by atoms with van der Waals surface area (Å²) < 4.78 is 0. The molecule has 3 rings (SSSR count). The van der Waals surface area contributed by atoms with Gasteiger partial charge in [0, 0.05) is 0 Å². The highest BCUT2D eigenvalue weighted by Crippen LogP contribution is 2.20. The minimum absolute atomic E-state index is 0.233. The Morgan fingerprint density at radius 1 is 0.520 bits per heavy atom. The zero-order chi connectivity index (χ0) is 17.6. The minimum atomic E-state index is 0.233. The summed E-state index contributed by atoms with van der Waals surface area (Å²) in [5.41, 5.74) is 5.19. The fourth-order valence-electron chi connectivity index (χ4n) is 2.50. The van der Waals surface area contributed by atoms with Crippen molar-refractivity contribution in [3.05, 3.63) is 94.5 Å². The molecule has 0 aromatic heterocycles. The molecule has 2 N–H and O–H groups in total. The third-order valence-corrected chi connectivity index (χ3v) is 3.87.